The summed E-state index contributed by atoms with van der Waals surface area (Å²) in [7, 11) is 1.39. The number of nitrogens with zero attached hydrogens (tertiary/aromatic N) is 1. The number of aromatic amines is 1. The number of aromatic nitrogens is 2. The number of carbonyl (C=O) groups excluding carboxylic acids is 3. The summed E-state index contributed by atoms with van der Waals surface area (Å²) in [6.07, 6.45) is 7.01. The van der Waals surface area contributed by atoms with Gasteiger partial charge in [-0.05, 0) is 39.2 Å². The maximum atomic E-state index is 13.2. The average Bonchev–Trinajstić information content (AvgIpc) is 3.35. The maximum Gasteiger partial charge on any atom is 0.305 e. The molecule has 3 rings (SSSR count). The van der Waals surface area contributed by atoms with E-state index >= 15 is 0 Å². The lowest BCUT2D eigenvalue weighted by atomic mass is 9.75. The molecule has 0 radical (unpaired) electrons. The van der Waals surface area contributed by atoms with Crippen LogP contribution in [0.3, 0.4) is 0 Å². The SMILES string of the molecule is COC(=O)CCCCCC(C1=C(C)C(=O)C(C)=C(C)C1=O)c1ccc(-c2ncc[nH]2)cc1. The summed E-state index contributed by atoms with van der Waals surface area (Å²) in [6, 6.07) is 7.99. The number of hydrogen-bond acceptors (Lipinski definition) is 5. The summed E-state index contributed by atoms with van der Waals surface area (Å²) < 4.78 is 4.70. The first-order valence-electron chi connectivity index (χ1n) is 11.0. The van der Waals surface area contributed by atoms with Crippen LogP contribution in [0.5, 0.6) is 0 Å². The molecule has 1 aliphatic rings. The van der Waals surface area contributed by atoms with Gasteiger partial charge in [0.1, 0.15) is 5.82 Å². The first-order valence-corrected chi connectivity index (χ1v) is 11.0. The molecule has 0 amide bonds. The van der Waals surface area contributed by atoms with Gasteiger partial charge in [0, 0.05) is 52.6 Å². The molecule has 0 fully saturated rings. The molecule has 1 aliphatic carbocycles. The Labute approximate surface area is 188 Å². The Morgan fingerprint density at radius 2 is 1.66 bits per heavy atom. The van der Waals surface area contributed by atoms with Crippen molar-refractivity contribution >= 4 is 17.5 Å². The van der Waals surface area contributed by atoms with Crippen LogP contribution in [0.1, 0.15) is 64.4 Å². The van der Waals surface area contributed by atoms with Gasteiger partial charge in [0.2, 0.25) is 0 Å². The third-order valence-corrected chi connectivity index (χ3v) is 6.27. The zero-order valence-corrected chi connectivity index (χ0v) is 19.2. The van der Waals surface area contributed by atoms with Gasteiger partial charge in [-0.2, -0.15) is 0 Å². The number of nitrogens with one attached hydrogen (secondary N) is 1. The topological polar surface area (TPSA) is 89.1 Å². The minimum absolute atomic E-state index is 0.0470. The molecule has 0 bridgehead atoms. The molecule has 1 atom stereocenters. The second-order valence-electron chi connectivity index (χ2n) is 8.23. The Balaban J connectivity index is 1.87. The van der Waals surface area contributed by atoms with E-state index in [4.69, 9.17) is 4.74 Å². The minimum atomic E-state index is -0.210. The molecule has 1 heterocycles. The van der Waals surface area contributed by atoms with Gasteiger partial charge in [-0.25, -0.2) is 4.98 Å². The largest absolute Gasteiger partial charge is 0.469 e. The minimum Gasteiger partial charge on any atom is -0.469 e. The van der Waals surface area contributed by atoms with Gasteiger partial charge in [-0.1, -0.05) is 37.1 Å². The van der Waals surface area contributed by atoms with Crippen molar-refractivity contribution in [3.63, 3.8) is 0 Å². The van der Waals surface area contributed by atoms with Crippen molar-refractivity contribution in [2.45, 2.75) is 58.8 Å². The van der Waals surface area contributed by atoms with Crippen molar-refractivity contribution in [2.75, 3.05) is 7.11 Å². The van der Waals surface area contributed by atoms with Crippen LogP contribution in [0.4, 0.5) is 0 Å². The fourth-order valence-electron chi connectivity index (χ4n) is 4.21. The average molecular weight is 435 g/mol. The number of benzene rings is 1. The molecule has 0 saturated carbocycles. The van der Waals surface area contributed by atoms with Crippen LogP contribution in [0.25, 0.3) is 11.4 Å². The molecule has 1 N–H and O–H groups in total. The number of imidazole rings is 1. The quantitative estimate of drug-likeness (QED) is 0.337. The van der Waals surface area contributed by atoms with Crippen molar-refractivity contribution in [2.24, 2.45) is 0 Å². The monoisotopic (exact) mass is 434 g/mol. The standard InChI is InChI=1S/C26H30N2O4/c1-16-17(2)25(31)23(18(3)24(16)30)21(8-6-5-7-9-22(29)32-4)19-10-12-20(13-11-19)26-27-14-15-28-26/h10-15,21H,5-9H2,1-4H3,(H,27,28). The van der Waals surface area contributed by atoms with Gasteiger partial charge in [0.05, 0.1) is 7.11 Å². The highest BCUT2D eigenvalue weighted by Crippen LogP contribution is 2.38. The number of hydrogen-bond donors (Lipinski definition) is 1. The van der Waals surface area contributed by atoms with Crippen molar-refractivity contribution in [1.29, 1.82) is 0 Å². The Morgan fingerprint density at radius 3 is 2.28 bits per heavy atom. The molecule has 32 heavy (non-hydrogen) atoms. The summed E-state index contributed by atoms with van der Waals surface area (Å²) in [6.45, 7) is 5.21. The second kappa shape index (κ2) is 10.4. The number of Topliss-reactive ketones (excluding diaryl/α,β-unsaturated/α-hetero) is 2. The predicted octanol–water partition coefficient (Wildman–Crippen LogP) is 5.09. The third kappa shape index (κ3) is 4.96. The Kier molecular flexibility index (Phi) is 7.57. The molecule has 0 spiro atoms. The highest BCUT2D eigenvalue weighted by Gasteiger charge is 2.33. The first-order chi connectivity index (χ1) is 15.3. The molecule has 1 unspecified atom stereocenters. The molecule has 6 nitrogen and oxygen atoms in total. The fraction of sp³-hybridized carbons (Fsp3) is 0.385. The van der Waals surface area contributed by atoms with E-state index in [9.17, 15) is 14.4 Å². The van der Waals surface area contributed by atoms with Crippen LogP contribution >= 0.6 is 0 Å². The number of unbranched alkanes of at least 4 members (excludes halogenated alkanes) is 2. The number of esters is 1. The fourth-order valence-corrected chi connectivity index (χ4v) is 4.21. The second-order valence-corrected chi connectivity index (χ2v) is 8.23. The van der Waals surface area contributed by atoms with Crippen molar-refractivity contribution < 1.29 is 19.1 Å². The highest BCUT2D eigenvalue weighted by molar-refractivity contribution is 6.25. The summed E-state index contributed by atoms with van der Waals surface area (Å²) in [5.41, 5.74) is 4.14. The Hall–Kier alpha value is -3.28. The third-order valence-electron chi connectivity index (χ3n) is 6.27. The lowest BCUT2D eigenvalue weighted by Gasteiger charge is -2.26. The molecule has 1 aromatic carbocycles. The molecule has 168 valence electrons. The summed E-state index contributed by atoms with van der Waals surface area (Å²) in [5.74, 6) is 0.287. The molecule has 0 saturated heterocycles. The number of rotatable bonds is 9. The van der Waals surface area contributed by atoms with Crippen LogP contribution in [0, 0.1) is 0 Å². The lowest BCUT2D eigenvalue weighted by Crippen LogP contribution is -2.24. The first kappa shape index (κ1) is 23.4. The normalized spacial score (nSPS) is 15.4. The maximum absolute atomic E-state index is 13.2. The van der Waals surface area contributed by atoms with Gasteiger partial charge in [-0.3, -0.25) is 14.4 Å². The van der Waals surface area contributed by atoms with Crippen LogP contribution < -0.4 is 0 Å². The van der Waals surface area contributed by atoms with Crippen LogP contribution in [0.2, 0.25) is 0 Å². The van der Waals surface area contributed by atoms with E-state index in [1.165, 1.54) is 7.11 Å². The smallest absolute Gasteiger partial charge is 0.305 e. The summed E-state index contributed by atoms with van der Waals surface area (Å²) >= 11 is 0. The van der Waals surface area contributed by atoms with Gasteiger partial charge in [0.25, 0.3) is 0 Å². The predicted molar refractivity (Wildman–Crippen MR) is 123 cm³/mol. The van der Waals surface area contributed by atoms with E-state index < -0.39 is 0 Å². The highest BCUT2D eigenvalue weighted by atomic mass is 16.5. The number of carbonyl (C=O) groups is 3. The lowest BCUT2D eigenvalue weighted by molar-refractivity contribution is -0.140. The van der Waals surface area contributed by atoms with E-state index in [2.05, 4.69) is 9.97 Å². The zero-order chi connectivity index (χ0) is 23.3. The van der Waals surface area contributed by atoms with E-state index in [-0.39, 0.29) is 23.5 Å². The molecular weight excluding hydrogens is 404 g/mol. The van der Waals surface area contributed by atoms with Crippen LogP contribution in [0.15, 0.2) is 59.0 Å². The number of ether oxygens (including phenoxy) is 1. The molecular formula is C26H30N2O4. The van der Waals surface area contributed by atoms with Crippen LogP contribution in [-0.4, -0.2) is 34.6 Å². The number of allylic oxidation sites excluding steroid dienone is 4. The molecule has 0 aliphatic heterocycles. The Morgan fingerprint density at radius 1 is 0.969 bits per heavy atom. The van der Waals surface area contributed by atoms with Crippen molar-refractivity contribution in [3.8, 4) is 11.4 Å². The Bertz CT molecular complexity index is 1060. The van der Waals surface area contributed by atoms with E-state index in [1.807, 2.05) is 24.3 Å². The van der Waals surface area contributed by atoms with Gasteiger partial charge < -0.3 is 9.72 Å². The van der Waals surface area contributed by atoms with E-state index in [0.29, 0.717) is 28.7 Å². The number of methoxy groups -OCH3 is 1. The molecule has 2 aromatic rings. The van der Waals surface area contributed by atoms with Gasteiger partial charge >= 0.3 is 5.97 Å². The van der Waals surface area contributed by atoms with Crippen molar-refractivity contribution in [3.05, 3.63) is 64.5 Å². The zero-order valence-electron chi connectivity index (χ0n) is 19.2. The van der Waals surface area contributed by atoms with E-state index in [1.54, 1.807) is 33.2 Å². The van der Waals surface area contributed by atoms with Crippen molar-refractivity contribution in [1.82, 2.24) is 9.97 Å². The summed E-state index contributed by atoms with van der Waals surface area (Å²) in [4.78, 5) is 44.8. The summed E-state index contributed by atoms with van der Waals surface area (Å²) in [5, 5.41) is 0. The molecule has 1 aromatic heterocycles. The van der Waals surface area contributed by atoms with E-state index in [0.717, 1.165) is 42.6 Å². The number of ketones is 2. The van der Waals surface area contributed by atoms with Gasteiger partial charge in [0.15, 0.2) is 11.6 Å². The van der Waals surface area contributed by atoms with Crippen LogP contribution in [-0.2, 0) is 19.1 Å². The number of H-pyrrole nitrogens is 1. The van der Waals surface area contributed by atoms with Gasteiger partial charge in [-0.15, -0.1) is 0 Å². The molecule has 6 heteroatoms.